The van der Waals surface area contributed by atoms with Crippen LogP contribution in [0.1, 0.15) is 12.8 Å². The Morgan fingerprint density at radius 2 is 2.22 bits per heavy atom. The highest BCUT2D eigenvalue weighted by Gasteiger charge is 2.29. The van der Waals surface area contributed by atoms with E-state index in [-0.39, 0.29) is 11.9 Å². The van der Waals surface area contributed by atoms with Gasteiger partial charge in [-0.2, -0.15) is 0 Å². The Bertz CT molecular complexity index is 874. The molecule has 118 valence electrons. The molecule has 1 atom stereocenters. The van der Waals surface area contributed by atoms with Crippen molar-refractivity contribution in [3.05, 3.63) is 30.6 Å². The number of hydrogen-bond donors (Lipinski definition) is 0. The van der Waals surface area contributed by atoms with Crippen molar-refractivity contribution >= 4 is 33.9 Å². The number of anilines is 1. The molecule has 0 aliphatic carbocycles. The van der Waals surface area contributed by atoms with Gasteiger partial charge in [-0.3, -0.25) is 4.79 Å². The minimum absolute atomic E-state index is 0.122. The van der Waals surface area contributed by atoms with Crippen LogP contribution in [-0.2, 0) is 9.53 Å². The van der Waals surface area contributed by atoms with E-state index in [1.54, 1.807) is 6.33 Å². The standard InChI is InChI=1S/C17H17N3O3/c1-22-17(21)11-5-4-8-20(9-11)16-15-14(18-10-19-16)12-6-2-3-7-13(12)23-15/h2-3,6-7,10-11H,4-5,8-9H2,1H3/t11-/m0/s1. The van der Waals surface area contributed by atoms with Crippen LogP contribution in [0.15, 0.2) is 35.0 Å². The van der Waals surface area contributed by atoms with E-state index in [1.165, 1.54) is 7.11 Å². The monoisotopic (exact) mass is 311 g/mol. The third-order valence-corrected chi connectivity index (χ3v) is 4.39. The number of hydrogen-bond acceptors (Lipinski definition) is 6. The number of furan rings is 1. The minimum Gasteiger partial charge on any atom is -0.469 e. The van der Waals surface area contributed by atoms with E-state index in [9.17, 15) is 4.79 Å². The number of fused-ring (bicyclic) bond motifs is 3. The van der Waals surface area contributed by atoms with Gasteiger partial charge in [0, 0.05) is 18.5 Å². The molecule has 23 heavy (non-hydrogen) atoms. The van der Waals surface area contributed by atoms with Crippen LogP contribution in [0.5, 0.6) is 0 Å². The zero-order chi connectivity index (χ0) is 15.8. The Hall–Kier alpha value is -2.63. The van der Waals surface area contributed by atoms with Crippen LogP contribution in [0.4, 0.5) is 5.82 Å². The maximum Gasteiger partial charge on any atom is 0.310 e. The highest BCUT2D eigenvalue weighted by molar-refractivity contribution is 6.05. The first kappa shape index (κ1) is 14.0. The summed E-state index contributed by atoms with van der Waals surface area (Å²) in [7, 11) is 1.43. The maximum absolute atomic E-state index is 11.8. The summed E-state index contributed by atoms with van der Waals surface area (Å²) in [6.45, 7) is 1.44. The normalized spacial score (nSPS) is 18.5. The largest absolute Gasteiger partial charge is 0.469 e. The highest BCUT2D eigenvalue weighted by atomic mass is 16.5. The van der Waals surface area contributed by atoms with Crippen molar-refractivity contribution in [3.63, 3.8) is 0 Å². The average Bonchev–Trinajstić information content (AvgIpc) is 3.00. The second-order valence-corrected chi connectivity index (χ2v) is 5.78. The average molecular weight is 311 g/mol. The quantitative estimate of drug-likeness (QED) is 0.678. The van der Waals surface area contributed by atoms with Crippen LogP contribution < -0.4 is 4.90 Å². The summed E-state index contributed by atoms with van der Waals surface area (Å²) < 4.78 is 10.9. The highest BCUT2D eigenvalue weighted by Crippen LogP contribution is 2.33. The van der Waals surface area contributed by atoms with E-state index in [1.807, 2.05) is 24.3 Å². The van der Waals surface area contributed by atoms with Crippen molar-refractivity contribution in [3.8, 4) is 0 Å². The van der Waals surface area contributed by atoms with Crippen molar-refractivity contribution in [2.45, 2.75) is 12.8 Å². The number of methoxy groups -OCH3 is 1. The van der Waals surface area contributed by atoms with Gasteiger partial charge in [0.25, 0.3) is 0 Å². The van der Waals surface area contributed by atoms with Gasteiger partial charge in [0.15, 0.2) is 11.4 Å². The molecule has 2 aromatic heterocycles. The lowest BCUT2D eigenvalue weighted by atomic mass is 9.98. The number of esters is 1. The van der Waals surface area contributed by atoms with Gasteiger partial charge in [0.1, 0.15) is 17.4 Å². The van der Waals surface area contributed by atoms with Gasteiger partial charge in [-0.05, 0) is 25.0 Å². The lowest BCUT2D eigenvalue weighted by Crippen LogP contribution is -2.39. The second-order valence-electron chi connectivity index (χ2n) is 5.78. The lowest BCUT2D eigenvalue weighted by Gasteiger charge is -2.31. The van der Waals surface area contributed by atoms with E-state index in [2.05, 4.69) is 14.9 Å². The minimum atomic E-state index is -0.162. The topological polar surface area (TPSA) is 68.5 Å². The molecule has 1 saturated heterocycles. The fourth-order valence-corrected chi connectivity index (χ4v) is 3.27. The number of rotatable bonds is 2. The zero-order valence-electron chi connectivity index (χ0n) is 12.9. The van der Waals surface area contributed by atoms with Crippen LogP contribution in [0.2, 0.25) is 0 Å². The molecule has 0 N–H and O–H groups in total. The molecule has 4 rings (SSSR count). The first-order valence-corrected chi connectivity index (χ1v) is 7.73. The van der Waals surface area contributed by atoms with E-state index >= 15 is 0 Å². The molecule has 0 amide bonds. The van der Waals surface area contributed by atoms with Crippen LogP contribution in [0.25, 0.3) is 22.1 Å². The number of carbonyl (C=O) groups is 1. The van der Waals surface area contributed by atoms with Crippen molar-refractivity contribution in [2.24, 2.45) is 5.92 Å². The Labute approximate surface area is 133 Å². The number of nitrogens with zero attached hydrogens (tertiary/aromatic N) is 3. The molecule has 1 aromatic carbocycles. The zero-order valence-corrected chi connectivity index (χ0v) is 12.9. The molecule has 0 spiro atoms. The predicted molar refractivity (Wildman–Crippen MR) is 86.3 cm³/mol. The van der Waals surface area contributed by atoms with Gasteiger partial charge >= 0.3 is 5.97 Å². The third kappa shape index (κ3) is 2.30. The predicted octanol–water partition coefficient (Wildman–Crippen LogP) is 2.77. The van der Waals surface area contributed by atoms with E-state index < -0.39 is 0 Å². The molecule has 6 nitrogen and oxygen atoms in total. The lowest BCUT2D eigenvalue weighted by molar-refractivity contribution is -0.145. The number of aromatic nitrogens is 2. The summed E-state index contributed by atoms with van der Waals surface area (Å²) >= 11 is 0. The van der Waals surface area contributed by atoms with Crippen molar-refractivity contribution < 1.29 is 13.9 Å². The van der Waals surface area contributed by atoms with Crippen molar-refractivity contribution in [1.29, 1.82) is 0 Å². The molecule has 6 heteroatoms. The molecule has 3 aromatic rings. The van der Waals surface area contributed by atoms with Gasteiger partial charge in [-0.15, -0.1) is 0 Å². The molecule has 0 bridgehead atoms. The Balaban J connectivity index is 1.78. The Morgan fingerprint density at radius 1 is 1.35 bits per heavy atom. The van der Waals surface area contributed by atoms with Gasteiger partial charge < -0.3 is 14.1 Å². The van der Waals surface area contributed by atoms with Gasteiger partial charge in [0.2, 0.25) is 0 Å². The van der Waals surface area contributed by atoms with Crippen LogP contribution >= 0.6 is 0 Å². The van der Waals surface area contributed by atoms with Crippen LogP contribution in [-0.4, -0.2) is 36.1 Å². The molecule has 0 saturated carbocycles. The van der Waals surface area contributed by atoms with Gasteiger partial charge in [0.05, 0.1) is 13.0 Å². The number of ether oxygens (including phenoxy) is 1. The van der Waals surface area contributed by atoms with Crippen molar-refractivity contribution in [1.82, 2.24) is 9.97 Å². The van der Waals surface area contributed by atoms with Crippen LogP contribution in [0, 0.1) is 5.92 Å². The number of carbonyl (C=O) groups excluding carboxylic acids is 1. The van der Waals surface area contributed by atoms with E-state index in [4.69, 9.17) is 9.15 Å². The maximum atomic E-state index is 11.8. The van der Waals surface area contributed by atoms with Crippen LogP contribution in [0.3, 0.4) is 0 Å². The summed E-state index contributed by atoms with van der Waals surface area (Å²) in [5.74, 6) is 0.465. The molecule has 1 aliphatic heterocycles. The molecule has 1 aliphatic rings. The Kier molecular flexibility index (Phi) is 3.37. The summed E-state index contributed by atoms with van der Waals surface area (Å²) in [6.07, 6.45) is 3.32. The fraction of sp³-hybridized carbons (Fsp3) is 0.353. The molecule has 0 unspecified atom stereocenters. The number of piperidine rings is 1. The molecular weight excluding hydrogens is 294 g/mol. The SMILES string of the molecule is COC(=O)[C@H]1CCCN(c2ncnc3c2oc2ccccc23)C1. The summed E-state index contributed by atoms with van der Waals surface area (Å²) in [5.41, 5.74) is 2.29. The fourth-order valence-electron chi connectivity index (χ4n) is 3.27. The Morgan fingerprint density at radius 3 is 3.09 bits per heavy atom. The number of benzene rings is 1. The van der Waals surface area contributed by atoms with Gasteiger partial charge in [-0.25, -0.2) is 9.97 Å². The smallest absolute Gasteiger partial charge is 0.310 e. The second kappa shape index (κ2) is 5.53. The summed E-state index contributed by atoms with van der Waals surface area (Å²) in [6, 6.07) is 7.82. The summed E-state index contributed by atoms with van der Waals surface area (Å²) in [4.78, 5) is 22.7. The van der Waals surface area contributed by atoms with Crippen molar-refractivity contribution in [2.75, 3.05) is 25.1 Å². The summed E-state index contributed by atoms with van der Waals surface area (Å²) in [5, 5.41) is 0.979. The first-order chi connectivity index (χ1) is 11.3. The first-order valence-electron chi connectivity index (χ1n) is 7.73. The molecule has 3 heterocycles. The molecule has 0 radical (unpaired) electrons. The van der Waals surface area contributed by atoms with Gasteiger partial charge in [-0.1, -0.05) is 12.1 Å². The third-order valence-electron chi connectivity index (χ3n) is 4.39. The molecule has 1 fully saturated rings. The number of para-hydroxylation sites is 1. The van der Waals surface area contributed by atoms with E-state index in [0.717, 1.165) is 41.7 Å². The molecular formula is C17H17N3O3. The van der Waals surface area contributed by atoms with E-state index in [0.29, 0.717) is 12.1 Å².